The van der Waals surface area contributed by atoms with Crippen LogP contribution in [0.2, 0.25) is 0 Å². The highest BCUT2D eigenvalue weighted by Crippen LogP contribution is 2.22. The summed E-state index contributed by atoms with van der Waals surface area (Å²) in [7, 11) is 0. The van der Waals surface area contributed by atoms with Crippen LogP contribution in [-0.4, -0.2) is 24.5 Å². The van der Waals surface area contributed by atoms with Crippen LogP contribution in [0.5, 0.6) is 0 Å². The van der Waals surface area contributed by atoms with E-state index in [4.69, 9.17) is 4.74 Å². The van der Waals surface area contributed by atoms with Crippen molar-refractivity contribution in [3.63, 3.8) is 0 Å². The standard InChI is InChI=1S/C12H14BrNO3S/c1-8(2)14-11(15)7-17-12(16)6-4-9-3-5-10(13)18-9/h3-6,8H,7H2,1-2H3,(H,14,15)/b6-4+. The van der Waals surface area contributed by atoms with Crippen molar-refractivity contribution < 1.29 is 14.3 Å². The highest BCUT2D eigenvalue weighted by molar-refractivity contribution is 9.11. The largest absolute Gasteiger partial charge is 0.452 e. The van der Waals surface area contributed by atoms with Crippen molar-refractivity contribution in [2.75, 3.05) is 6.61 Å². The molecular weight excluding hydrogens is 318 g/mol. The summed E-state index contributed by atoms with van der Waals surface area (Å²) < 4.78 is 5.78. The summed E-state index contributed by atoms with van der Waals surface area (Å²) in [6.07, 6.45) is 2.96. The molecule has 18 heavy (non-hydrogen) atoms. The van der Waals surface area contributed by atoms with Crippen molar-refractivity contribution in [3.05, 3.63) is 26.9 Å². The molecule has 0 saturated carbocycles. The highest BCUT2D eigenvalue weighted by Gasteiger charge is 2.05. The van der Waals surface area contributed by atoms with Crippen LogP contribution in [0.3, 0.4) is 0 Å². The van der Waals surface area contributed by atoms with Crippen LogP contribution in [0.1, 0.15) is 18.7 Å². The van der Waals surface area contributed by atoms with Gasteiger partial charge in [-0.1, -0.05) is 0 Å². The van der Waals surface area contributed by atoms with E-state index < -0.39 is 5.97 Å². The molecule has 1 rings (SSSR count). The number of hydrogen-bond acceptors (Lipinski definition) is 4. The van der Waals surface area contributed by atoms with E-state index in [1.165, 1.54) is 17.4 Å². The minimum Gasteiger partial charge on any atom is -0.452 e. The molecule has 1 amide bonds. The lowest BCUT2D eigenvalue weighted by atomic mass is 10.4. The maximum absolute atomic E-state index is 11.3. The van der Waals surface area contributed by atoms with Gasteiger partial charge in [-0.3, -0.25) is 4.79 Å². The van der Waals surface area contributed by atoms with Crippen LogP contribution in [-0.2, 0) is 14.3 Å². The number of hydrogen-bond donors (Lipinski definition) is 1. The van der Waals surface area contributed by atoms with Gasteiger partial charge in [0.2, 0.25) is 0 Å². The van der Waals surface area contributed by atoms with Gasteiger partial charge in [-0.15, -0.1) is 11.3 Å². The lowest BCUT2D eigenvalue weighted by Crippen LogP contribution is -2.33. The predicted octanol–water partition coefficient (Wildman–Crippen LogP) is 2.59. The molecule has 0 spiro atoms. The molecule has 1 aromatic rings. The van der Waals surface area contributed by atoms with Gasteiger partial charge >= 0.3 is 5.97 Å². The van der Waals surface area contributed by atoms with Crippen molar-refractivity contribution in [2.24, 2.45) is 0 Å². The zero-order chi connectivity index (χ0) is 13.5. The van der Waals surface area contributed by atoms with E-state index in [9.17, 15) is 9.59 Å². The summed E-state index contributed by atoms with van der Waals surface area (Å²) in [6.45, 7) is 3.43. The zero-order valence-corrected chi connectivity index (χ0v) is 12.5. The molecular formula is C12H14BrNO3S. The fourth-order valence-electron chi connectivity index (χ4n) is 1.12. The second-order valence-electron chi connectivity index (χ2n) is 3.81. The van der Waals surface area contributed by atoms with E-state index >= 15 is 0 Å². The van der Waals surface area contributed by atoms with Crippen LogP contribution < -0.4 is 5.32 Å². The number of thiophene rings is 1. The van der Waals surface area contributed by atoms with Gasteiger partial charge in [0.25, 0.3) is 5.91 Å². The summed E-state index contributed by atoms with van der Waals surface area (Å²) in [6, 6.07) is 3.81. The van der Waals surface area contributed by atoms with Gasteiger partial charge in [0.05, 0.1) is 3.79 Å². The molecule has 4 nitrogen and oxygen atoms in total. The molecule has 0 bridgehead atoms. The molecule has 1 heterocycles. The van der Waals surface area contributed by atoms with Gasteiger partial charge < -0.3 is 10.1 Å². The molecule has 0 aliphatic rings. The summed E-state index contributed by atoms with van der Waals surface area (Å²) in [5, 5.41) is 2.63. The van der Waals surface area contributed by atoms with E-state index in [-0.39, 0.29) is 18.6 Å². The van der Waals surface area contributed by atoms with Crippen molar-refractivity contribution in [3.8, 4) is 0 Å². The van der Waals surface area contributed by atoms with Gasteiger partial charge in [-0.05, 0) is 48.0 Å². The fraction of sp³-hybridized carbons (Fsp3) is 0.333. The van der Waals surface area contributed by atoms with Crippen LogP contribution >= 0.6 is 27.3 Å². The Morgan fingerprint density at radius 3 is 2.78 bits per heavy atom. The number of carbonyl (C=O) groups excluding carboxylic acids is 2. The maximum Gasteiger partial charge on any atom is 0.331 e. The first-order chi connectivity index (χ1) is 8.47. The normalized spacial score (nSPS) is 10.9. The van der Waals surface area contributed by atoms with Gasteiger partial charge in [0.15, 0.2) is 6.61 Å². The SMILES string of the molecule is CC(C)NC(=O)COC(=O)/C=C/c1ccc(Br)s1. The number of carbonyl (C=O) groups is 2. The Labute approximate surface area is 118 Å². The molecule has 0 saturated heterocycles. The first-order valence-electron chi connectivity index (χ1n) is 5.37. The predicted molar refractivity (Wildman–Crippen MR) is 75.3 cm³/mol. The molecule has 1 aromatic heterocycles. The molecule has 0 unspecified atom stereocenters. The van der Waals surface area contributed by atoms with Gasteiger partial charge in [-0.2, -0.15) is 0 Å². The summed E-state index contributed by atoms with van der Waals surface area (Å²) >= 11 is 4.83. The molecule has 0 atom stereocenters. The Bertz CT molecular complexity index is 454. The number of rotatable bonds is 5. The second-order valence-corrected chi connectivity index (χ2v) is 6.30. The molecule has 1 N–H and O–H groups in total. The Balaban J connectivity index is 2.33. The average molecular weight is 332 g/mol. The van der Waals surface area contributed by atoms with Gasteiger partial charge in [0.1, 0.15) is 0 Å². The third kappa shape index (κ3) is 5.97. The van der Waals surface area contributed by atoms with E-state index in [2.05, 4.69) is 21.2 Å². The minimum absolute atomic E-state index is 0.0372. The third-order valence-electron chi connectivity index (χ3n) is 1.77. The Kier molecular flexibility index (Phi) is 6.07. The van der Waals surface area contributed by atoms with Crippen molar-refractivity contribution in [1.82, 2.24) is 5.32 Å². The molecule has 0 aliphatic heterocycles. The monoisotopic (exact) mass is 331 g/mol. The third-order valence-corrected chi connectivity index (χ3v) is 3.36. The van der Waals surface area contributed by atoms with E-state index in [0.29, 0.717) is 0 Å². The fourth-order valence-corrected chi connectivity index (χ4v) is 2.44. The Hall–Kier alpha value is -1.14. The number of ether oxygens (including phenoxy) is 1. The lowest BCUT2D eigenvalue weighted by Gasteiger charge is -2.07. The van der Waals surface area contributed by atoms with Crippen LogP contribution in [0.4, 0.5) is 0 Å². The lowest BCUT2D eigenvalue weighted by molar-refractivity contribution is -0.143. The van der Waals surface area contributed by atoms with E-state index in [1.54, 1.807) is 6.08 Å². The topological polar surface area (TPSA) is 55.4 Å². The molecule has 0 aromatic carbocycles. The molecule has 98 valence electrons. The van der Waals surface area contributed by atoms with Crippen LogP contribution in [0, 0.1) is 0 Å². The van der Waals surface area contributed by atoms with Crippen molar-refractivity contribution in [1.29, 1.82) is 0 Å². The Morgan fingerprint density at radius 2 is 2.22 bits per heavy atom. The average Bonchev–Trinajstić information content (AvgIpc) is 2.69. The van der Waals surface area contributed by atoms with Gasteiger partial charge in [0, 0.05) is 17.0 Å². The quantitative estimate of drug-likeness (QED) is 0.666. The minimum atomic E-state index is -0.529. The first-order valence-corrected chi connectivity index (χ1v) is 6.98. The van der Waals surface area contributed by atoms with Crippen molar-refractivity contribution >= 4 is 45.2 Å². The summed E-state index contributed by atoms with van der Waals surface area (Å²) in [5.74, 6) is -0.830. The number of nitrogens with one attached hydrogen (secondary N) is 1. The second kappa shape index (κ2) is 7.33. The Morgan fingerprint density at radius 1 is 1.50 bits per heavy atom. The molecule has 0 aliphatic carbocycles. The van der Waals surface area contributed by atoms with E-state index in [1.807, 2.05) is 26.0 Å². The maximum atomic E-state index is 11.3. The number of halogens is 1. The molecule has 0 radical (unpaired) electrons. The van der Waals surface area contributed by atoms with E-state index in [0.717, 1.165) is 8.66 Å². The van der Waals surface area contributed by atoms with Crippen LogP contribution in [0.15, 0.2) is 22.0 Å². The number of esters is 1. The smallest absolute Gasteiger partial charge is 0.331 e. The molecule has 0 fully saturated rings. The molecule has 6 heteroatoms. The van der Waals surface area contributed by atoms with Gasteiger partial charge in [-0.25, -0.2) is 4.79 Å². The highest BCUT2D eigenvalue weighted by atomic mass is 79.9. The first kappa shape index (κ1) is 14.9. The summed E-state index contributed by atoms with van der Waals surface area (Å²) in [4.78, 5) is 23.5. The van der Waals surface area contributed by atoms with Crippen LogP contribution in [0.25, 0.3) is 6.08 Å². The number of amides is 1. The summed E-state index contributed by atoms with van der Waals surface area (Å²) in [5.41, 5.74) is 0. The zero-order valence-electron chi connectivity index (χ0n) is 10.1. The van der Waals surface area contributed by atoms with Crippen molar-refractivity contribution in [2.45, 2.75) is 19.9 Å².